The van der Waals surface area contributed by atoms with Gasteiger partial charge in [-0.2, -0.15) is 0 Å². The van der Waals surface area contributed by atoms with Gasteiger partial charge < -0.3 is 4.90 Å². The van der Waals surface area contributed by atoms with E-state index in [1.165, 1.54) is 64.6 Å². The fraction of sp³-hybridized carbons (Fsp3) is 1.00. The molecule has 1 saturated carbocycles. The average molecular weight is 223 g/mol. The SMILES string of the molecule is CC1CC[C@H](C)CC(CN2CCCCC2)C1. The molecule has 2 unspecified atom stereocenters. The van der Waals surface area contributed by atoms with E-state index in [2.05, 4.69) is 18.7 Å². The average Bonchev–Trinajstić information content (AvgIpc) is 2.42. The second-order valence-electron chi connectivity index (χ2n) is 6.49. The fourth-order valence-electron chi connectivity index (χ4n) is 3.70. The minimum Gasteiger partial charge on any atom is -0.303 e. The molecule has 0 spiro atoms. The summed E-state index contributed by atoms with van der Waals surface area (Å²) < 4.78 is 0. The molecule has 1 aliphatic carbocycles. The normalized spacial score (nSPS) is 38.2. The third-order valence-corrected chi connectivity index (χ3v) is 4.59. The van der Waals surface area contributed by atoms with Gasteiger partial charge in [-0.25, -0.2) is 0 Å². The lowest BCUT2D eigenvalue weighted by molar-refractivity contribution is 0.176. The first kappa shape index (κ1) is 12.4. The van der Waals surface area contributed by atoms with Crippen LogP contribution in [0.15, 0.2) is 0 Å². The van der Waals surface area contributed by atoms with Crippen molar-refractivity contribution in [3.05, 3.63) is 0 Å². The smallest absolute Gasteiger partial charge is 0.000986 e. The van der Waals surface area contributed by atoms with Crippen molar-refractivity contribution in [3.63, 3.8) is 0 Å². The van der Waals surface area contributed by atoms with Crippen LogP contribution in [0.1, 0.15) is 58.8 Å². The molecule has 0 radical (unpaired) electrons. The highest BCUT2D eigenvalue weighted by molar-refractivity contribution is 4.76. The first-order valence-corrected chi connectivity index (χ1v) is 7.46. The summed E-state index contributed by atoms with van der Waals surface area (Å²) in [4.78, 5) is 2.74. The van der Waals surface area contributed by atoms with Crippen LogP contribution >= 0.6 is 0 Å². The van der Waals surface area contributed by atoms with Gasteiger partial charge in [0.2, 0.25) is 0 Å². The Balaban J connectivity index is 1.81. The summed E-state index contributed by atoms with van der Waals surface area (Å²) >= 11 is 0. The molecule has 0 aromatic carbocycles. The first-order chi connectivity index (χ1) is 7.74. The molecule has 0 N–H and O–H groups in total. The Bertz CT molecular complexity index is 184. The lowest BCUT2D eigenvalue weighted by Gasteiger charge is -2.31. The van der Waals surface area contributed by atoms with Crippen LogP contribution < -0.4 is 0 Å². The maximum Gasteiger partial charge on any atom is 0.000986 e. The van der Waals surface area contributed by atoms with Gasteiger partial charge in [0.15, 0.2) is 0 Å². The third-order valence-electron chi connectivity index (χ3n) is 4.59. The van der Waals surface area contributed by atoms with Crippen LogP contribution in [0, 0.1) is 17.8 Å². The molecule has 1 nitrogen and oxygen atoms in total. The number of rotatable bonds is 2. The van der Waals surface area contributed by atoms with E-state index in [9.17, 15) is 0 Å². The number of nitrogens with zero attached hydrogens (tertiary/aromatic N) is 1. The largest absolute Gasteiger partial charge is 0.303 e. The maximum atomic E-state index is 2.74. The molecule has 16 heavy (non-hydrogen) atoms. The number of hydrogen-bond donors (Lipinski definition) is 0. The molecule has 0 bridgehead atoms. The van der Waals surface area contributed by atoms with E-state index in [1.54, 1.807) is 0 Å². The molecule has 2 rings (SSSR count). The topological polar surface area (TPSA) is 3.24 Å². The summed E-state index contributed by atoms with van der Waals surface area (Å²) in [6.07, 6.45) is 10.3. The number of hydrogen-bond acceptors (Lipinski definition) is 1. The van der Waals surface area contributed by atoms with Gasteiger partial charge in [-0.05, 0) is 56.5 Å². The Labute approximate surface area is 102 Å². The second-order valence-corrected chi connectivity index (χ2v) is 6.49. The Kier molecular flexibility index (Phi) is 4.69. The second kappa shape index (κ2) is 6.05. The molecule has 1 heteroatoms. The zero-order valence-electron chi connectivity index (χ0n) is 11.3. The maximum absolute atomic E-state index is 2.74. The molecule has 1 heterocycles. The molecular weight excluding hydrogens is 194 g/mol. The molecule has 0 aromatic heterocycles. The minimum atomic E-state index is 0.972. The lowest BCUT2D eigenvalue weighted by atomic mass is 9.91. The summed E-state index contributed by atoms with van der Waals surface area (Å²) in [5.41, 5.74) is 0. The highest BCUT2D eigenvalue weighted by Crippen LogP contribution is 2.31. The van der Waals surface area contributed by atoms with Crippen molar-refractivity contribution in [2.24, 2.45) is 17.8 Å². The van der Waals surface area contributed by atoms with Gasteiger partial charge in [0.1, 0.15) is 0 Å². The van der Waals surface area contributed by atoms with E-state index in [4.69, 9.17) is 0 Å². The molecule has 0 amide bonds. The summed E-state index contributed by atoms with van der Waals surface area (Å²) in [6, 6.07) is 0. The summed E-state index contributed by atoms with van der Waals surface area (Å²) in [7, 11) is 0. The van der Waals surface area contributed by atoms with Crippen molar-refractivity contribution in [2.75, 3.05) is 19.6 Å². The Morgan fingerprint density at radius 1 is 0.875 bits per heavy atom. The van der Waals surface area contributed by atoms with Crippen LogP contribution in [0.4, 0.5) is 0 Å². The van der Waals surface area contributed by atoms with E-state index in [0.717, 1.165) is 17.8 Å². The third kappa shape index (κ3) is 3.76. The van der Waals surface area contributed by atoms with Crippen molar-refractivity contribution < 1.29 is 0 Å². The molecule has 2 fully saturated rings. The number of piperidine rings is 1. The van der Waals surface area contributed by atoms with Crippen molar-refractivity contribution in [1.29, 1.82) is 0 Å². The summed E-state index contributed by atoms with van der Waals surface area (Å²) in [6.45, 7) is 9.07. The Morgan fingerprint density at radius 3 is 2.00 bits per heavy atom. The van der Waals surface area contributed by atoms with Crippen LogP contribution in [0.2, 0.25) is 0 Å². The molecule has 1 aliphatic heterocycles. The summed E-state index contributed by atoms with van der Waals surface area (Å²) in [5, 5.41) is 0. The standard InChI is InChI=1S/C15H29N/c1-13-6-7-14(2)11-15(10-13)12-16-8-4-3-5-9-16/h13-15H,3-12H2,1-2H3/t13-,14?,15?/m0/s1. The Morgan fingerprint density at radius 2 is 1.44 bits per heavy atom. The quantitative estimate of drug-likeness (QED) is 0.641. The molecule has 1 saturated heterocycles. The van der Waals surface area contributed by atoms with Crippen LogP contribution in [0.3, 0.4) is 0 Å². The van der Waals surface area contributed by atoms with Crippen molar-refractivity contribution in [1.82, 2.24) is 4.90 Å². The van der Waals surface area contributed by atoms with E-state index in [0.29, 0.717) is 0 Å². The monoisotopic (exact) mass is 223 g/mol. The molecular formula is C15H29N. The van der Waals surface area contributed by atoms with Crippen molar-refractivity contribution in [3.8, 4) is 0 Å². The predicted molar refractivity (Wildman–Crippen MR) is 70.6 cm³/mol. The van der Waals surface area contributed by atoms with Gasteiger partial charge in [-0.15, -0.1) is 0 Å². The molecule has 2 aliphatic rings. The van der Waals surface area contributed by atoms with Gasteiger partial charge in [0, 0.05) is 6.54 Å². The van der Waals surface area contributed by atoms with Crippen molar-refractivity contribution in [2.45, 2.75) is 58.8 Å². The lowest BCUT2D eigenvalue weighted by Crippen LogP contribution is -2.34. The number of likely N-dealkylation sites (tertiary alicyclic amines) is 1. The Hall–Kier alpha value is -0.0400. The fourth-order valence-corrected chi connectivity index (χ4v) is 3.70. The molecule has 0 aromatic rings. The van der Waals surface area contributed by atoms with Gasteiger partial charge in [0.25, 0.3) is 0 Å². The van der Waals surface area contributed by atoms with E-state index in [1.807, 2.05) is 0 Å². The molecule has 94 valence electrons. The minimum absolute atomic E-state index is 0.972. The van der Waals surface area contributed by atoms with Crippen LogP contribution in [-0.2, 0) is 0 Å². The first-order valence-electron chi connectivity index (χ1n) is 7.46. The van der Waals surface area contributed by atoms with Crippen LogP contribution in [0.5, 0.6) is 0 Å². The zero-order chi connectivity index (χ0) is 11.4. The van der Waals surface area contributed by atoms with Gasteiger partial charge in [-0.3, -0.25) is 0 Å². The van der Waals surface area contributed by atoms with Crippen LogP contribution in [0.25, 0.3) is 0 Å². The van der Waals surface area contributed by atoms with Gasteiger partial charge in [0.05, 0.1) is 0 Å². The van der Waals surface area contributed by atoms with Gasteiger partial charge in [-0.1, -0.05) is 33.1 Å². The highest BCUT2D eigenvalue weighted by Gasteiger charge is 2.23. The highest BCUT2D eigenvalue weighted by atomic mass is 15.1. The van der Waals surface area contributed by atoms with E-state index < -0.39 is 0 Å². The van der Waals surface area contributed by atoms with E-state index >= 15 is 0 Å². The predicted octanol–water partition coefficient (Wildman–Crippen LogP) is 3.93. The van der Waals surface area contributed by atoms with Crippen molar-refractivity contribution >= 4 is 0 Å². The van der Waals surface area contributed by atoms with Crippen LogP contribution in [-0.4, -0.2) is 24.5 Å². The molecule has 3 atom stereocenters. The zero-order valence-corrected chi connectivity index (χ0v) is 11.3. The van der Waals surface area contributed by atoms with E-state index in [-0.39, 0.29) is 0 Å². The van der Waals surface area contributed by atoms with Gasteiger partial charge >= 0.3 is 0 Å². The summed E-state index contributed by atoms with van der Waals surface area (Å²) in [5.74, 6) is 2.94.